The highest BCUT2D eigenvalue weighted by Crippen LogP contribution is 2.36. The molecule has 9 heteroatoms. The fourth-order valence-corrected chi connectivity index (χ4v) is 3.98. The smallest absolute Gasteiger partial charge is 0.305 e. The van der Waals surface area contributed by atoms with Gasteiger partial charge in [-0.15, -0.1) is 0 Å². The van der Waals surface area contributed by atoms with Crippen LogP contribution in [0.3, 0.4) is 0 Å². The number of nitrogens with zero attached hydrogens (tertiary/aromatic N) is 1. The van der Waals surface area contributed by atoms with E-state index < -0.39 is 5.97 Å². The molecule has 2 heterocycles. The van der Waals surface area contributed by atoms with Gasteiger partial charge in [0.25, 0.3) is 5.91 Å². The number of thiocarbonyl (C=S) groups is 1. The largest absolute Gasteiger partial charge is 0.481 e. The highest BCUT2D eigenvalue weighted by molar-refractivity contribution is 8.26. The second kappa shape index (κ2) is 7.84. The fraction of sp³-hybridized carbons (Fsp3) is 0.118. The molecule has 0 saturated carbocycles. The summed E-state index contributed by atoms with van der Waals surface area (Å²) in [7, 11) is 0. The summed E-state index contributed by atoms with van der Waals surface area (Å²) in [5.74, 6) is -0.350. The molecule has 0 radical (unpaired) electrons. The van der Waals surface area contributed by atoms with Crippen LogP contribution in [0, 0.1) is 0 Å². The number of aliphatic carboxylic acids is 1. The van der Waals surface area contributed by atoms with Crippen LogP contribution in [0.4, 0.5) is 0 Å². The topological polar surface area (TPSA) is 70.8 Å². The Hall–Kier alpha value is -1.80. The van der Waals surface area contributed by atoms with Crippen LogP contribution >= 0.6 is 47.2 Å². The third kappa shape index (κ3) is 3.96. The number of carbonyl (C=O) groups excluding carboxylic acids is 1. The van der Waals surface area contributed by atoms with E-state index in [1.165, 1.54) is 4.90 Å². The van der Waals surface area contributed by atoms with E-state index in [-0.39, 0.29) is 18.9 Å². The van der Waals surface area contributed by atoms with Crippen molar-refractivity contribution >= 4 is 69.5 Å². The Balaban J connectivity index is 1.82. The first-order valence-electron chi connectivity index (χ1n) is 7.38. The Labute approximate surface area is 168 Å². The first-order valence-corrected chi connectivity index (χ1v) is 9.36. The number of hydrogen-bond donors (Lipinski definition) is 1. The molecule has 2 aromatic rings. The normalized spacial score (nSPS) is 15.9. The number of halogens is 2. The van der Waals surface area contributed by atoms with Crippen LogP contribution in [0.15, 0.2) is 39.7 Å². The number of hydrogen-bond acceptors (Lipinski definition) is 5. The zero-order chi connectivity index (χ0) is 18.8. The van der Waals surface area contributed by atoms with Crippen molar-refractivity contribution in [3.8, 4) is 11.3 Å². The average molecular weight is 428 g/mol. The lowest BCUT2D eigenvalue weighted by Crippen LogP contribution is -2.30. The van der Waals surface area contributed by atoms with E-state index >= 15 is 0 Å². The van der Waals surface area contributed by atoms with Crippen LogP contribution in [-0.2, 0) is 9.59 Å². The molecular formula is C17H11Cl2NO4S2. The molecule has 3 rings (SSSR count). The Morgan fingerprint density at radius 1 is 1.31 bits per heavy atom. The van der Waals surface area contributed by atoms with Crippen molar-refractivity contribution in [2.24, 2.45) is 0 Å². The molecule has 1 N–H and O–H groups in total. The maximum Gasteiger partial charge on any atom is 0.305 e. The summed E-state index contributed by atoms with van der Waals surface area (Å²) in [4.78, 5) is 24.7. The Bertz CT molecular complexity index is 939. The first-order chi connectivity index (χ1) is 12.4. The minimum absolute atomic E-state index is 0.0405. The minimum atomic E-state index is -0.989. The van der Waals surface area contributed by atoms with E-state index in [0.29, 0.717) is 36.4 Å². The van der Waals surface area contributed by atoms with Crippen LogP contribution in [0.2, 0.25) is 10.0 Å². The molecule has 0 unspecified atom stereocenters. The van der Waals surface area contributed by atoms with Crippen LogP contribution in [0.5, 0.6) is 0 Å². The molecular weight excluding hydrogens is 417 g/mol. The van der Waals surface area contributed by atoms with Crippen molar-refractivity contribution < 1.29 is 19.1 Å². The zero-order valence-electron chi connectivity index (χ0n) is 13.1. The third-order valence-corrected chi connectivity index (χ3v) is 5.74. The Morgan fingerprint density at radius 2 is 2.08 bits per heavy atom. The second-order valence-corrected chi connectivity index (χ2v) is 7.74. The van der Waals surface area contributed by atoms with Gasteiger partial charge in [-0.2, -0.15) is 0 Å². The average Bonchev–Trinajstić information content (AvgIpc) is 3.14. The van der Waals surface area contributed by atoms with Crippen LogP contribution in [0.1, 0.15) is 12.2 Å². The van der Waals surface area contributed by atoms with Crippen molar-refractivity contribution in [1.29, 1.82) is 0 Å². The molecule has 1 aromatic carbocycles. The lowest BCUT2D eigenvalue weighted by molar-refractivity contribution is -0.137. The quantitative estimate of drug-likeness (QED) is 0.538. The molecule has 1 aliphatic rings. The van der Waals surface area contributed by atoms with Gasteiger partial charge in [-0.05, 0) is 24.3 Å². The van der Waals surface area contributed by atoms with Gasteiger partial charge in [0.15, 0.2) is 0 Å². The van der Waals surface area contributed by atoms with Gasteiger partial charge < -0.3 is 9.52 Å². The van der Waals surface area contributed by atoms with Crippen LogP contribution in [0.25, 0.3) is 17.4 Å². The molecule has 0 spiro atoms. The van der Waals surface area contributed by atoms with Crippen molar-refractivity contribution in [1.82, 2.24) is 4.90 Å². The fourth-order valence-electron chi connectivity index (χ4n) is 2.30. The number of thioether (sulfide) groups is 1. The molecule has 26 heavy (non-hydrogen) atoms. The first kappa shape index (κ1) is 19.0. The molecule has 1 aromatic heterocycles. The summed E-state index contributed by atoms with van der Waals surface area (Å²) in [5.41, 5.74) is 0.646. The predicted octanol–water partition coefficient (Wildman–Crippen LogP) is 4.93. The van der Waals surface area contributed by atoms with E-state index in [1.807, 2.05) is 0 Å². The van der Waals surface area contributed by atoms with E-state index in [2.05, 4.69) is 0 Å². The maximum absolute atomic E-state index is 12.4. The van der Waals surface area contributed by atoms with Crippen LogP contribution in [-0.4, -0.2) is 32.7 Å². The molecule has 1 aliphatic heterocycles. The SMILES string of the molecule is O=C(O)CCN1C(=O)C(=Cc2ccc(-c3cccc(Cl)c3Cl)o2)SC1=S. The monoisotopic (exact) mass is 427 g/mol. The van der Waals surface area contributed by atoms with E-state index in [9.17, 15) is 9.59 Å². The van der Waals surface area contributed by atoms with Gasteiger partial charge in [0.1, 0.15) is 15.8 Å². The third-order valence-electron chi connectivity index (χ3n) is 3.54. The second-order valence-electron chi connectivity index (χ2n) is 5.28. The summed E-state index contributed by atoms with van der Waals surface area (Å²) < 4.78 is 6.07. The maximum atomic E-state index is 12.4. The molecule has 1 fully saturated rings. The van der Waals surface area contributed by atoms with Crippen molar-refractivity contribution in [3.05, 3.63) is 51.0 Å². The van der Waals surface area contributed by atoms with E-state index in [4.69, 9.17) is 44.9 Å². The number of amides is 1. The van der Waals surface area contributed by atoms with Crippen LogP contribution < -0.4 is 0 Å². The number of carboxylic acids is 1. The minimum Gasteiger partial charge on any atom is -0.481 e. The van der Waals surface area contributed by atoms with Gasteiger partial charge in [-0.3, -0.25) is 14.5 Å². The summed E-state index contributed by atoms with van der Waals surface area (Å²) in [6, 6.07) is 8.66. The molecule has 134 valence electrons. The number of benzene rings is 1. The lowest BCUT2D eigenvalue weighted by Gasteiger charge is -2.12. The van der Waals surface area contributed by atoms with Crippen molar-refractivity contribution in [2.45, 2.75) is 6.42 Å². The predicted molar refractivity (Wildman–Crippen MR) is 106 cm³/mol. The molecule has 0 bridgehead atoms. The number of rotatable bonds is 5. The van der Waals surface area contributed by atoms with Gasteiger partial charge in [0, 0.05) is 18.2 Å². The van der Waals surface area contributed by atoms with Gasteiger partial charge in [-0.25, -0.2) is 0 Å². The number of carbonyl (C=O) groups is 2. The van der Waals surface area contributed by atoms with Crippen molar-refractivity contribution in [2.75, 3.05) is 6.54 Å². The Morgan fingerprint density at radius 3 is 2.81 bits per heavy atom. The lowest BCUT2D eigenvalue weighted by atomic mass is 10.2. The van der Waals surface area contributed by atoms with Gasteiger partial charge >= 0.3 is 5.97 Å². The van der Waals surface area contributed by atoms with Gasteiger partial charge in [-0.1, -0.05) is 53.2 Å². The van der Waals surface area contributed by atoms with Crippen molar-refractivity contribution in [3.63, 3.8) is 0 Å². The standard InChI is InChI=1S/C17H11Cl2NO4S2/c18-11-3-1-2-10(15(11)19)12-5-4-9(24-12)8-13-16(23)20(17(25)26-13)7-6-14(21)22/h1-5,8H,6-7H2,(H,21,22). The van der Waals surface area contributed by atoms with Gasteiger partial charge in [0.05, 0.1) is 21.4 Å². The highest BCUT2D eigenvalue weighted by Gasteiger charge is 2.32. The highest BCUT2D eigenvalue weighted by atomic mass is 35.5. The van der Waals surface area contributed by atoms with Gasteiger partial charge in [0.2, 0.25) is 0 Å². The molecule has 0 aliphatic carbocycles. The molecule has 5 nitrogen and oxygen atoms in total. The summed E-state index contributed by atoms with van der Waals surface area (Å²) in [5, 5.41) is 9.56. The van der Waals surface area contributed by atoms with E-state index in [0.717, 1.165) is 11.8 Å². The molecule has 1 saturated heterocycles. The van der Waals surface area contributed by atoms with E-state index in [1.54, 1.807) is 36.4 Å². The molecule has 1 amide bonds. The Kier molecular flexibility index (Phi) is 5.72. The zero-order valence-corrected chi connectivity index (χ0v) is 16.2. The molecule has 0 atom stereocenters. The summed E-state index contributed by atoms with van der Waals surface area (Å²) in [6.07, 6.45) is 1.40. The number of furan rings is 1. The summed E-state index contributed by atoms with van der Waals surface area (Å²) >= 11 is 18.5. The summed E-state index contributed by atoms with van der Waals surface area (Å²) in [6.45, 7) is 0.0405. The number of carboxylic acid groups (broad SMARTS) is 1.